The summed E-state index contributed by atoms with van der Waals surface area (Å²) >= 11 is 0. The summed E-state index contributed by atoms with van der Waals surface area (Å²) in [6.07, 6.45) is 11.3. The van der Waals surface area contributed by atoms with Crippen molar-refractivity contribution >= 4 is 120 Å². The first kappa shape index (κ1) is 95.0. The molecule has 0 unspecified atom stereocenters. The zero-order valence-corrected chi connectivity index (χ0v) is 79.8. The van der Waals surface area contributed by atoms with E-state index in [0.29, 0.717) is 39.9 Å². The van der Waals surface area contributed by atoms with E-state index in [1.807, 2.05) is 198 Å². The van der Waals surface area contributed by atoms with Crippen molar-refractivity contribution in [3.8, 4) is 0 Å². The average molecular weight is 1830 g/mol. The van der Waals surface area contributed by atoms with E-state index in [2.05, 4.69) is 173 Å². The minimum Gasteiger partial charge on any atom is -0.353 e. The third kappa shape index (κ3) is 18.2. The van der Waals surface area contributed by atoms with E-state index in [1.165, 1.54) is 70.4 Å². The van der Waals surface area contributed by atoms with Crippen LogP contribution in [0.1, 0.15) is 87.4 Å². The van der Waals surface area contributed by atoms with Gasteiger partial charge in [-0.15, -0.1) is 0 Å². The summed E-state index contributed by atoms with van der Waals surface area (Å²) in [4.78, 5) is 46.7. The summed E-state index contributed by atoms with van der Waals surface area (Å²) in [6.45, 7) is 27.7. The van der Waals surface area contributed by atoms with Crippen LogP contribution < -0.4 is 68.6 Å². The van der Waals surface area contributed by atoms with Crippen molar-refractivity contribution in [2.75, 3.05) is 118 Å². The lowest BCUT2D eigenvalue weighted by molar-refractivity contribution is 0.575. The fraction of sp³-hybridized carbons (Fsp3) is 0.259. The molecule has 0 spiro atoms. The van der Waals surface area contributed by atoms with E-state index in [9.17, 15) is 39.5 Å². The Morgan fingerprint density at radius 3 is 0.770 bits per heavy atom. The maximum absolute atomic E-state index is 14.3. The zero-order chi connectivity index (χ0) is 96.7. The largest absolute Gasteiger partial charge is 0.353 e. The van der Waals surface area contributed by atoms with Crippen molar-refractivity contribution in [3.63, 3.8) is 0 Å². The molecular weight excluding hydrogens is 1720 g/mol. The van der Waals surface area contributed by atoms with Gasteiger partial charge in [-0.05, 0) is 288 Å². The third-order valence-corrected chi connectivity index (χ3v) is 26.7. The van der Waals surface area contributed by atoms with E-state index >= 15 is 0 Å². The first-order chi connectivity index (χ1) is 64.5. The van der Waals surface area contributed by atoms with E-state index < -0.39 is 34.9 Å². The summed E-state index contributed by atoms with van der Waals surface area (Å²) in [7, 11) is 14.1. The van der Waals surface area contributed by atoms with Gasteiger partial charge in [0.2, 0.25) is 0 Å². The molecule has 135 heavy (non-hydrogen) atoms. The number of fused-ring (bicyclic) bond motifs is 7. The van der Waals surface area contributed by atoms with Gasteiger partial charge >= 0.3 is 0 Å². The van der Waals surface area contributed by atoms with Gasteiger partial charge in [0.15, 0.2) is 11.6 Å². The Labute approximate surface area is 785 Å². The molecule has 7 atom stereocenters. The molecule has 7 aliphatic heterocycles. The molecule has 0 N–H and O–H groups in total. The number of anilines is 21. The smallest absolute Gasteiger partial charge is 0.153 e. The highest BCUT2D eigenvalue weighted by atomic mass is 19.2. The van der Waals surface area contributed by atoms with Crippen molar-refractivity contribution in [2.45, 2.75) is 140 Å². The van der Waals surface area contributed by atoms with Gasteiger partial charge in [-0.25, -0.2) is 49.5 Å². The minimum absolute atomic E-state index is 0.0222. The maximum atomic E-state index is 14.3. The first-order valence-corrected chi connectivity index (χ1v) is 44.9. The van der Waals surface area contributed by atoms with Crippen LogP contribution in [0.5, 0.6) is 0 Å². The van der Waals surface area contributed by atoms with Crippen molar-refractivity contribution < 1.29 is 39.5 Å². The van der Waals surface area contributed by atoms with Gasteiger partial charge in [-0.1, -0.05) is 54.6 Å². The quantitative estimate of drug-likeness (QED) is 0.141. The minimum atomic E-state index is -0.560. The molecule has 14 aromatic rings. The molecule has 0 saturated heterocycles. The Morgan fingerprint density at radius 1 is 0.200 bits per heavy atom. The zero-order valence-electron chi connectivity index (χ0n) is 79.8. The molecule has 11 heterocycles. The highest BCUT2D eigenvalue weighted by Gasteiger charge is 2.41. The predicted octanol–water partition coefficient (Wildman–Crippen LogP) is 26.3. The van der Waals surface area contributed by atoms with Gasteiger partial charge in [-0.2, -0.15) is 0 Å². The molecule has 18 nitrogen and oxygen atoms in total. The Morgan fingerprint density at radius 2 is 0.437 bits per heavy atom. The van der Waals surface area contributed by atoms with Crippen molar-refractivity contribution in [1.29, 1.82) is 0 Å². The number of hydrogen-bond acceptors (Lipinski definition) is 18. The molecule has 698 valence electrons. The normalized spacial score (nSPS) is 17.7. The second kappa shape index (κ2) is 39.3. The van der Waals surface area contributed by atoms with Gasteiger partial charge in [-0.3, -0.25) is 9.97 Å². The first-order valence-electron chi connectivity index (χ1n) is 44.9. The summed E-state index contributed by atoms with van der Waals surface area (Å²) in [6, 6.07) is 66.5. The molecule has 21 rings (SSSR count). The lowest BCUT2D eigenvalue weighted by Crippen LogP contribution is -2.36. The number of benzene rings is 10. The monoisotopic (exact) mass is 1830 g/mol. The van der Waals surface area contributed by atoms with E-state index in [0.717, 1.165) is 109 Å². The highest BCUT2D eigenvalue weighted by molar-refractivity contribution is 5.90. The summed E-state index contributed by atoms with van der Waals surface area (Å²) in [5.41, 5.74) is 24.4. The summed E-state index contributed by atoms with van der Waals surface area (Å²) in [5.74, 6) is -2.13. The molecule has 7 aliphatic rings. The van der Waals surface area contributed by atoms with E-state index in [1.54, 1.807) is 70.0 Å². The van der Waals surface area contributed by atoms with Crippen LogP contribution in [0.2, 0.25) is 0 Å². The second-order valence-electron chi connectivity index (χ2n) is 34.9. The Hall–Kier alpha value is -14.6. The standard InChI is InChI=1S/C16H16F2N2.C16H17FN2.C16H18N2.2C15H15F2N3.2C15H16FN3/c1-10-8-12(17)9-13(18)16(10)20-11(2)19(3)14-6-4-5-7-15(14)20;1-11-10-13(17)8-9-14(11)19-12(2)18(3)15-6-4-5-7-16(15)19;1-12-8-4-5-9-14(12)18-13(2)17(3)15-10-6-7-11-16(15)18;1-9-6-11(16)7-12(17)15(9)20-10(2)19(3)14-8-18-5-4-13(14)20;1-9-7-11(16)8-12(17)14(9)20-10(2)19(3)15-13(20)5-4-6-18-15;1-10-8-12(16)4-5-13(10)19-11(2)18(3)15-9-17-7-6-14(15)19;1-10-9-12(16)6-7-13(10)19-11(2)18(3)15-14(19)5-4-8-17-15/h4-9,11H,1-3H3;4-10,12H,1-3H3;4-11,13H,1-3H3;2*4-8,10H,1-3H3;2*4-9,11H,1-3H3/t11-;12-;13-;2*10-;2*11-/m0000000/s1. The molecule has 0 aliphatic carbocycles. The van der Waals surface area contributed by atoms with Gasteiger partial charge < -0.3 is 68.6 Å². The number of para-hydroxylation sites is 7. The Balaban J connectivity index is 0.000000120. The lowest BCUT2D eigenvalue weighted by atomic mass is 10.1. The number of nitrogens with zero attached hydrogens (tertiary/aromatic N) is 18. The fourth-order valence-corrected chi connectivity index (χ4v) is 19.0. The Bertz CT molecular complexity index is 6070. The van der Waals surface area contributed by atoms with Crippen LogP contribution in [-0.4, -0.2) is 112 Å². The van der Waals surface area contributed by atoms with Gasteiger partial charge in [0, 0.05) is 115 Å². The molecule has 10 aromatic carbocycles. The Kier molecular flexibility index (Phi) is 27.6. The SMILES string of the molecule is Cc1cc(F)cc(F)c1N1c2ccccc2N(C)[C@@H]1C.Cc1cc(F)cc(F)c1N1c2cccnc2N(C)[C@@H]1C.Cc1cc(F)cc(F)c1N1c2ccncc2N(C)[C@@H]1C.Cc1cc(F)ccc1N1c2ccccc2N(C)[C@@H]1C.Cc1cc(F)ccc1N1c2cccnc2N(C)[C@@H]1C.Cc1cc(F)ccc1N1c2ccncc2N(C)[C@@H]1C.Cc1ccccc1N1c2ccccc2N(C)[C@@H]1C. The van der Waals surface area contributed by atoms with Crippen molar-refractivity contribution in [2.24, 2.45) is 0 Å². The topological polar surface area (TPSA) is 96.9 Å². The third-order valence-electron chi connectivity index (χ3n) is 26.7. The molecule has 0 bridgehead atoms. The molecule has 0 saturated carbocycles. The van der Waals surface area contributed by atoms with Crippen LogP contribution in [-0.2, 0) is 0 Å². The van der Waals surface area contributed by atoms with Crippen LogP contribution in [0.25, 0.3) is 0 Å². The van der Waals surface area contributed by atoms with Crippen LogP contribution >= 0.6 is 0 Å². The molecular formula is C108H113F9N18. The van der Waals surface area contributed by atoms with Crippen molar-refractivity contribution in [1.82, 2.24) is 19.9 Å². The van der Waals surface area contributed by atoms with Gasteiger partial charge in [0.05, 0.1) is 97.7 Å². The lowest BCUT2D eigenvalue weighted by Gasteiger charge is -2.29. The molecule has 27 heteroatoms. The number of aryl methyl sites for hydroxylation is 7. The second-order valence-corrected chi connectivity index (χ2v) is 34.9. The molecule has 0 amide bonds. The van der Waals surface area contributed by atoms with Crippen molar-refractivity contribution in [3.05, 3.63) is 353 Å². The summed E-state index contributed by atoms with van der Waals surface area (Å²) < 4.78 is 122. The number of pyridine rings is 4. The number of rotatable bonds is 7. The fourth-order valence-electron chi connectivity index (χ4n) is 19.0. The number of halogens is 9. The average Bonchev–Trinajstić information content (AvgIpc) is 1.66. The predicted molar refractivity (Wildman–Crippen MR) is 534 cm³/mol. The van der Waals surface area contributed by atoms with Crippen LogP contribution in [0.3, 0.4) is 0 Å². The molecule has 0 fully saturated rings. The molecule has 0 radical (unpaired) electrons. The van der Waals surface area contributed by atoms with Gasteiger partial charge in [0.25, 0.3) is 0 Å². The van der Waals surface area contributed by atoms with Crippen LogP contribution in [0, 0.1) is 101 Å². The van der Waals surface area contributed by atoms with Gasteiger partial charge in [0.1, 0.15) is 95.5 Å². The molecule has 4 aromatic heterocycles. The van der Waals surface area contributed by atoms with E-state index in [4.69, 9.17) is 0 Å². The van der Waals surface area contributed by atoms with E-state index in [-0.39, 0.29) is 54.4 Å². The highest BCUT2D eigenvalue weighted by Crippen LogP contribution is 2.52. The maximum Gasteiger partial charge on any atom is 0.153 e. The van der Waals surface area contributed by atoms with Crippen LogP contribution in [0.4, 0.5) is 159 Å². The van der Waals surface area contributed by atoms with Crippen LogP contribution in [0.15, 0.2) is 262 Å². The number of aromatic nitrogens is 4. The number of hydrogen-bond donors (Lipinski definition) is 0. The summed E-state index contributed by atoms with van der Waals surface area (Å²) in [5, 5.41) is 0.